The first kappa shape index (κ1) is 23.0. The summed E-state index contributed by atoms with van der Waals surface area (Å²) in [5, 5.41) is 41.6. The van der Waals surface area contributed by atoms with Crippen LogP contribution in [0.2, 0.25) is 0 Å². The number of carbonyl (C=O) groups is 5. The molecule has 0 bridgehead atoms. The summed E-state index contributed by atoms with van der Waals surface area (Å²) >= 11 is 0. The molecule has 11 nitrogen and oxygen atoms in total. The van der Waals surface area contributed by atoms with Crippen LogP contribution in [0.3, 0.4) is 0 Å². The Morgan fingerprint density at radius 1 is 1.09 bits per heavy atom. The van der Waals surface area contributed by atoms with Crippen LogP contribution in [-0.2, 0) is 25.6 Å². The molecular formula is C23H22N2O9. The topological polar surface area (TPSA) is 196 Å². The molecule has 0 spiro atoms. The molecule has 0 radical (unpaired) electrons. The number of rotatable bonds is 4. The van der Waals surface area contributed by atoms with Gasteiger partial charge in [-0.1, -0.05) is 0 Å². The Balaban J connectivity index is 1.95. The summed E-state index contributed by atoms with van der Waals surface area (Å²) in [5.41, 5.74) is 4.42. The Labute approximate surface area is 192 Å². The highest BCUT2D eigenvalue weighted by atomic mass is 16.4. The molecule has 1 amide bonds. The number of primary amides is 1. The van der Waals surface area contributed by atoms with Gasteiger partial charge in [-0.3, -0.25) is 19.2 Å². The molecule has 11 heteroatoms. The van der Waals surface area contributed by atoms with Crippen LogP contribution in [0.4, 0.5) is 5.69 Å². The first-order valence-corrected chi connectivity index (χ1v) is 10.4. The number of allylic oxidation sites excluding steroid dienone is 2. The van der Waals surface area contributed by atoms with Gasteiger partial charge in [0.15, 0.2) is 11.6 Å². The normalized spacial score (nSPS) is 23.8. The second-order valence-corrected chi connectivity index (χ2v) is 8.93. The number of nitrogens with two attached hydrogens (primary N) is 1. The molecule has 0 aliphatic heterocycles. The van der Waals surface area contributed by atoms with Crippen molar-refractivity contribution >= 4 is 40.7 Å². The van der Waals surface area contributed by atoms with E-state index < -0.39 is 75.4 Å². The second kappa shape index (κ2) is 7.72. The molecule has 3 aliphatic rings. The van der Waals surface area contributed by atoms with Gasteiger partial charge in [0.2, 0.25) is 0 Å². The Morgan fingerprint density at radius 2 is 1.74 bits per heavy atom. The van der Waals surface area contributed by atoms with Gasteiger partial charge in [0.25, 0.3) is 11.7 Å². The van der Waals surface area contributed by atoms with E-state index in [1.54, 1.807) is 19.0 Å². The summed E-state index contributed by atoms with van der Waals surface area (Å²) in [6.07, 6.45) is 0.197. The zero-order chi connectivity index (χ0) is 25.2. The van der Waals surface area contributed by atoms with Crippen LogP contribution in [0, 0.1) is 17.8 Å². The van der Waals surface area contributed by atoms with E-state index in [9.17, 15) is 39.3 Å². The van der Waals surface area contributed by atoms with Crippen molar-refractivity contribution in [1.82, 2.24) is 0 Å². The number of nitrogens with zero attached hydrogens (tertiary/aromatic N) is 1. The van der Waals surface area contributed by atoms with Crippen LogP contribution in [0.5, 0.6) is 5.75 Å². The summed E-state index contributed by atoms with van der Waals surface area (Å²) in [4.78, 5) is 62.5. The number of benzene rings is 1. The van der Waals surface area contributed by atoms with E-state index >= 15 is 0 Å². The van der Waals surface area contributed by atoms with Gasteiger partial charge in [-0.25, -0.2) is 4.79 Å². The molecule has 6 N–H and O–H groups in total. The number of phenolic OH excluding ortho intramolecular Hbond substituents is 1. The van der Waals surface area contributed by atoms with E-state index in [-0.39, 0.29) is 30.4 Å². The molecule has 3 unspecified atom stereocenters. The van der Waals surface area contributed by atoms with Crippen LogP contribution in [-0.4, -0.2) is 63.7 Å². The smallest absolute Gasteiger partial charge is 0.377 e. The van der Waals surface area contributed by atoms with E-state index in [0.29, 0.717) is 11.3 Å². The van der Waals surface area contributed by atoms with E-state index in [1.807, 2.05) is 0 Å². The Morgan fingerprint density at radius 3 is 2.29 bits per heavy atom. The molecule has 1 aromatic rings. The van der Waals surface area contributed by atoms with Gasteiger partial charge < -0.3 is 31.1 Å². The first-order valence-electron chi connectivity index (χ1n) is 10.4. The highest BCUT2D eigenvalue weighted by molar-refractivity contribution is 6.41. The second-order valence-electron chi connectivity index (χ2n) is 8.93. The zero-order valence-corrected chi connectivity index (χ0v) is 18.3. The van der Waals surface area contributed by atoms with Crippen molar-refractivity contribution < 1.29 is 44.4 Å². The minimum absolute atomic E-state index is 0.126. The van der Waals surface area contributed by atoms with Gasteiger partial charge in [-0.2, -0.15) is 0 Å². The maximum atomic E-state index is 13.4. The number of phenols is 1. The Bertz CT molecular complexity index is 1270. The average Bonchev–Trinajstić information content (AvgIpc) is 2.72. The van der Waals surface area contributed by atoms with E-state index in [2.05, 4.69) is 0 Å². The predicted molar refractivity (Wildman–Crippen MR) is 116 cm³/mol. The summed E-state index contributed by atoms with van der Waals surface area (Å²) in [7, 11) is 3.27. The summed E-state index contributed by atoms with van der Waals surface area (Å²) in [6, 6.07) is 1.22. The molecule has 0 aromatic heterocycles. The van der Waals surface area contributed by atoms with Crippen molar-refractivity contribution in [3.05, 3.63) is 39.7 Å². The monoisotopic (exact) mass is 470 g/mol. The third-order valence-electron chi connectivity index (χ3n) is 6.79. The van der Waals surface area contributed by atoms with Gasteiger partial charge in [0.1, 0.15) is 22.8 Å². The van der Waals surface area contributed by atoms with Crippen molar-refractivity contribution in [1.29, 1.82) is 0 Å². The third-order valence-corrected chi connectivity index (χ3v) is 6.79. The van der Waals surface area contributed by atoms with Gasteiger partial charge in [-0.15, -0.1) is 0 Å². The Hall–Kier alpha value is -4.15. The molecule has 0 heterocycles. The van der Waals surface area contributed by atoms with Crippen LogP contribution in [0.25, 0.3) is 5.76 Å². The number of hydrogen-bond donors (Lipinski definition) is 5. The van der Waals surface area contributed by atoms with E-state index in [0.717, 1.165) is 0 Å². The molecule has 1 saturated carbocycles. The summed E-state index contributed by atoms with van der Waals surface area (Å²) in [6.45, 7) is 0. The molecular weight excluding hydrogens is 448 g/mol. The molecule has 4 rings (SSSR count). The number of amides is 1. The highest BCUT2D eigenvalue weighted by Gasteiger charge is 2.51. The maximum absolute atomic E-state index is 13.4. The van der Waals surface area contributed by atoms with Crippen LogP contribution in [0.1, 0.15) is 34.3 Å². The number of carboxylic acids is 1. The minimum atomic E-state index is -1.81. The lowest BCUT2D eigenvalue weighted by atomic mass is 9.61. The fourth-order valence-corrected chi connectivity index (χ4v) is 5.38. The van der Waals surface area contributed by atoms with Crippen molar-refractivity contribution in [2.75, 3.05) is 19.0 Å². The summed E-state index contributed by atoms with van der Waals surface area (Å²) in [5.74, 6) is -10.4. The van der Waals surface area contributed by atoms with Crippen molar-refractivity contribution in [3.8, 4) is 5.75 Å². The van der Waals surface area contributed by atoms with Crippen LogP contribution in [0.15, 0.2) is 23.0 Å². The van der Waals surface area contributed by atoms with Crippen LogP contribution < -0.4 is 10.6 Å². The Kier molecular flexibility index (Phi) is 5.23. The molecule has 1 aromatic carbocycles. The number of Topliss-reactive ketones (excluding diaryl/α,β-unsaturated/α-hetero) is 3. The van der Waals surface area contributed by atoms with Gasteiger partial charge in [0.05, 0.1) is 17.0 Å². The summed E-state index contributed by atoms with van der Waals surface area (Å²) < 4.78 is 0. The number of fused-ring (bicyclic) bond motifs is 3. The molecule has 0 saturated heterocycles. The minimum Gasteiger partial charge on any atom is -0.511 e. The third kappa shape index (κ3) is 3.15. The number of aliphatic hydroxyl groups is 2. The lowest BCUT2D eigenvalue weighted by Gasteiger charge is -2.41. The molecule has 1 fully saturated rings. The van der Waals surface area contributed by atoms with Crippen molar-refractivity contribution in [2.24, 2.45) is 23.5 Å². The van der Waals surface area contributed by atoms with E-state index in [4.69, 9.17) is 10.8 Å². The number of aliphatic carboxylic acids is 1. The number of ketones is 3. The van der Waals surface area contributed by atoms with Gasteiger partial charge in [0, 0.05) is 31.8 Å². The fourth-order valence-electron chi connectivity index (χ4n) is 5.38. The number of carboxylic acid groups (broad SMARTS) is 1. The highest BCUT2D eigenvalue weighted by Crippen LogP contribution is 2.52. The van der Waals surface area contributed by atoms with Gasteiger partial charge in [-0.05, 0) is 36.3 Å². The quantitative estimate of drug-likeness (QED) is 0.237. The SMILES string of the molecule is CN(C)c1cc(C(=O)C(=O)O)c(O)c2c1CC1CC3CC(=O)C(C(N)=O)=C(O)C3C(=O)C1=C2O. The van der Waals surface area contributed by atoms with Crippen molar-refractivity contribution in [3.63, 3.8) is 0 Å². The van der Waals surface area contributed by atoms with Crippen molar-refractivity contribution in [2.45, 2.75) is 19.3 Å². The lowest BCUT2D eigenvalue weighted by Crippen LogP contribution is -2.44. The molecule has 178 valence electrons. The van der Waals surface area contributed by atoms with Gasteiger partial charge >= 0.3 is 5.97 Å². The number of aromatic hydroxyl groups is 1. The molecule has 34 heavy (non-hydrogen) atoms. The maximum Gasteiger partial charge on any atom is 0.377 e. The zero-order valence-electron chi connectivity index (χ0n) is 18.3. The predicted octanol–water partition coefficient (Wildman–Crippen LogP) is 0.642. The number of anilines is 1. The standard InChI is InChI=1S/C23H22N2O9/c1-25(2)11-6-10(18(28)23(33)34)17(27)15-9(11)4-7-3-8-5-12(26)16(22(24)32)21(31)14(8)19(29)13(7)20(15)30/h6-8,14,27,30-31H,3-5H2,1-2H3,(H2,24,32)(H,33,34). The number of carbonyl (C=O) groups excluding carboxylic acids is 4. The fraction of sp³-hybridized carbons (Fsp3) is 0.348. The number of aliphatic hydroxyl groups excluding tert-OH is 2. The average molecular weight is 470 g/mol. The van der Waals surface area contributed by atoms with E-state index in [1.165, 1.54) is 6.07 Å². The number of hydrogen-bond acceptors (Lipinski definition) is 9. The van der Waals surface area contributed by atoms with Crippen LogP contribution >= 0.6 is 0 Å². The molecule has 3 atom stereocenters. The molecule has 3 aliphatic carbocycles. The lowest BCUT2D eigenvalue weighted by molar-refractivity contribution is -0.132. The largest absolute Gasteiger partial charge is 0.511 e. The first-order chi connectivity index (χ1) is 15.9.